The van der Waals surface area contributed by atoms with E-state index in [1.807, 2.05) is 13.8 Å². The highest BCUT2D eigenvalue weighted by Gasteiger charge is 2.21. The van der Waals surface area contributed by atoms with Crippen LogP contribution >= 0.6 is 11.6 Å². The SMILES string of the molecule is CC(C)c1c(C(=O)O)nnn1Cc1ccc(Cl)c(F)c1. The predicted octanol–water partition coefficient (Wildman–Crippen LogP) is 2.94. The van der Waals surface area contributed by atoms with Crippen molar-refractivity contribution >= 4 is 17.6 Å². The number of aromatic carboxylic acids is 1. The van der Waals surface area contributed by atoms with Crippen LogP contribution in [0.2, 0.25) is 5.02 Å². The normalized spacial score (nSPS) is 11.1. The largest absolute Gasteiger partial charge is 0.476 e. The van der Waals surface area contributed by atoms with Crippen LogP contribution in [-0.2, 0) is 6.54 Å². The van der Waals surface area contributed by atoms with Crippen molar-refractivity contribution in [2.45, 2.75) is 26.3 Å². The molecule has 0 fully saturated rings. The molecule has 0 radical (unpaired) electrons. The molecule has 0 aliphatic carbocycles. The minimum atomic E-state index is -1.12. The maximum Gasteiger partial charge on any atom is 0.358 e. The highest BCUT2D eigenvalue weighted by atomic mass is 35.5. The summed E-state index contributed by atoms with van der Waals surface area (Å²) >= 11 is 5.62. The summed E-state index contributed by atoms with van der Waals surface area (Å²) in [6, 6.07) is 4.42. The van der Waals surface area contributed by atoms with Gasteiger partial charge in [-0.1, -0.05) is 36.7 Å². The average Bonchev–Trinajstić information content (AvgIpc) is 2.78. The van der Waals surface area contributed by atoms with Crippen LogP contribution in [0.15, 0.2) is 18.2 Å². The first-order valence-electron chi connectivity index (χ1n) is 6.00. The summed E-state index contributed by atoms with van der Waals surface area (Å²) in [5.41, 5.74) is 1.07. The zero-order valence-electron chi connectivity index (χ0n) is 11.0. The highest BCUT2D eigenvalue weighted by molar-refractivity contribution is 6.30. The molecule has 0 spiro atoms. The first-order valence-corrected chi connectivity index (χ1v) is 6.38. The lowest BCUT2D eigenvalue weighted by atomic mass is 10.1. The van der Waals surface area contributed by atoms with E-state index >= 15 is 0 Å². The van der Waals surface area contributed by atoms with Crippen molar-refractivity contribution < 1.29 is 14.3 Å². The molecule has 2 aromatic rings. The van der Waals surface area contributed by atoms with E-state index in [1.54, 1.807) is 6.07 Å². The molecule has 1 aromatic heterocycles. The first-order chi connectivity index (χ1) is 9.40. The van der Waals surface area contributed by atoms with Crippen LogP contribution in [0.3, 0.4) is 0 Å². The molecule has 0 saturated heterocycles. The van der Waals surface area contributed by atoms with E-state index in [2.05, 4.69) is 10.3 Å². The van der Waals surface area contributed by atoms with E-state index in [0.717, 1.165) is 0 Å². The van der Waals surface area contributed by atoms with Crippen molar-refractivity contribution in [3.05, 3.63) is 46.0 Å². The molecule has 1 aromatic carbocycles. The van der Waals surface area contributed by atoms with Gasteiger partial charge in [0.1, 0.15) is 5.82 Å². The van der Waals surface area contributed by atoms with E-state index in [9.17, 15) is 9.18 Å². The van der Waals surface area contributed by atoms with E-state index in [1.165, 1.54) is 16.8 Å². The third-order valence-corrected chi connectivity index (χ3v) is 3.15. The monoisotopic (exact) mass is 297 g/mol. The Morgan fingerprint density at radius 3 is 2.75 bits per heavy atom. The molecular weight excluding hydrogens is 285 g/mol. The second kappa shape index (κ2) is 5.58. The van der Waals surface area contributed by atoms with Crippen molar-refractivity contribution in [3.8, 4) is 0 Å². The Morgan fingerprint density at radius 2 is 2.20 bits per heavy atom. The van der Waals surface area contributed by atoms with Crippen LogP contribution in [0.4, 0.5) is 4.39 Å². The van der Waals surface area contributed by atoms with Gasteiger partial charge >= 0.3 is 5.97 Å². The van der Waals surface area contributed by atoms with Gasteiger partial charge in [0.25, 0.3) is 0 Å². The first kappa shape index (κ1) is 14.5. The van der Waals surface area contributed by atoms with Crippen LogP contribution in [-0.4, -0.2) is 26.1 Å². The maximum atomic E-state index is 13.4. The van der Waals surface area contributed by atoms with Crippen molar-refractivity contribution in [2.75, 3.05) is 0 Å². The lowest BCUT2D eigenvalue weighted by molar-refractivity contribution is 0.0688. The lowest BCUT2D eigenvalue weighted by Gasteiger charge is -2.10. The standard InChI is InChI=1S/C13H13ClFN3O2/c1-7(2)12-11(13(19)20)16-17-18(12)6-8-3-4-9(14)10(15)5-8/h3-5,7H,6H2,1-2H3,(H,19,20). The van der Waals surface area contributed by atoms with E-state index in [4.69, 9.17) is 16.7 Å². The van der Waals surface area contributed by atoms with Crippen LogP contribution in [0.5, 0.6) is 0 Å². The number of nitrogens with zero attached hydrogens (tertiary/aromatic N) is 3. The fraction of sp³-hybridized carbons (Fsp3) is 0.308. The molecule has 0 bridgehead atoms. The number of carbonyl (C=O) groups is 1. The van der Waals surface area contributed by atoms with Crippen molar-refractivity contribution in [2.24, 2.45) is 0 Å². The van der Waals surface area contributed by atoms with Crippen molar-refractivity contribution in [3.63, 3.8) is 0 Å². The minimum Gasteiger partial charge on any atom is -0.476 e. The fourth-order valence-corrected chi connectivity index (χ4v) is 2.09. The fourth-order valence-electron chi connectivity index (χ4n) is 1.97. The topological polar surface area (TPSA) is 68.0 Å². The average molecular weight is 298 g/mol. The quantitative estimate of drug-likeness (QED) is 0.942. The molecule has 0 aliphatic rings. The number of hydrogen-bond donors (Lipinski definition) is 1. The smallest absolute Gasteiger partial charge is 0.358 e. The minimum absolute atomic E-state index is 0.0441. The Kier molecular flexibility index (Phi) is 4.04. The van der Waals surface area contributed by atoms with Crippen LogP contribution in [0.25, 0.3) is 0 Å². The Balaban J connectivity index is 2.38. The molecule has 2 rings (SSSR count). The molecular formula is C13H13ClFN3O2. The molecule has 0 amide bonds. The highest BCUT2D eigenvalue weighted by Crippen LogP contribution is 2.20. The van der Waals surface area contributed by atoms with Gasteiger partial charge in [-0.05, 0) is 23.6 Å². The van der Waals surface area contributed by atoms with Crippen LogP contribution in [0.1, 0.15) is 41.5 Å². The van der Waals surface area contributed by atoms with Crippen LogP contribution < -0.4 is 0 Å². The molecule has 0 unspecified atom stereocenters. The number of aromatic nitrogens is 3. The number of rotatable bonds is 4. The number of carboxylic acids is 1. The second-order valence-electron chi connectivity index (χ2n) is 4.69. The Bertz CT molecular complexity index is 655. The third-order valence-electron chi connectivity index (χ3n) is 2.84. The van der Waals surface area contributed by atoms with Gasteiger partial charge in [-0.2, -0.15) is 0 Å². The molecule has 0 aliphatic heterocycles. The van der Waals surface area contributed by atoms with E-state index in [0.29, 0.717) is 11.3 Å². The van der Waals surface area contributed by atoms with Gasteiger partial charge in [0.2, 0.25) is 0 Å². The zero-order valence-corrected chi connectivity index (χ0v) is 11.7. The van der Waals surface area contributed by atoms with E-state index in [-0.39, 0.29) is 23.2 Å². The molecule has 5 nitrogen and oxygen atoms in total. The third kappa shape index (κ3) is 2.80. The number of hydrogen-bond acceptors (Lipinski definition) is 3. The lowest BCUT2D eigenvalue weighted by Crippen LogP contribution is -2.11. The zero-order chi connectivity index (χ0) is 14.9. The molecule has 20 heavy (non-hydrogen) atoms. The summed E-state index contributed by atoms with van der Waals surface area (Å²) in [7, 11) is 0. The van der Waals surface area contributed by atoms with Crippen molar-refractivity contribution in [1.82, 2.24) is 15.0 Å². The number of halogens is 2. The maximum absolute atomic E-state index is 13.4. The molecule has 1 heterocycles. The van der Waals surface area contributed by atoms with Gasteiger partial charge < -0.3 is 5.11 Å². The van der Waals surface area contributed by atoms with Gasteiger partial charge in [0, 0.05) is 0 Å². The molecule has 0 saturated carbocycles. The van der Waals surface area contributed by atoms with E-state index < -0.39 is 11.8 Å². The Labute approximate surface area is 120 Å². The van der Waals surface area contributed by atoms with Gasteiger partial charge in [0.05, 0.1) is 17.3 Å². The molecule has 7 heteroatoms. The summed E-state index contributed by atoms with van der Waals surface area (Å²) < 4.78 is 14.9. The molecule has 106 valence electrons. The number of carboxylic acid groups (broad SMARTS) is 1. The summed E-state index contributed by atoms with van der Waals surface area (Å²) in [5.74, 6) is -1.70. The molecule has 0 atom stereocenters. The van der Waals surface area contributed by atoms with Gasteiger partial charge in [-0.3, -0.25) is 0 Å². The number of benzene rings is 1. The second-order valence-corrected chi connectivity index (χ2v) is 5.10. The van der Waals surface area contributed by atoms with Gasteiger partial charge in [-0.25, -0.2) is 13.9 Å². The molecule has 1 N–H and O–H groups in total. The summed E-state index contributed by atoms with van der Waals surface area (Å²) in [5, 5.41) is 16.6. The van der Waals surface area contributed by atoms with Gasteiger partial charge in [-0.15, -0.1) is 5.10 Å². The Hall–Kier alpha value is -1.95. The summed E-state index contributed by atoms with van der Waals surface area (Å²) in [6.45, 7) is 3.94. The van der Waals surface area contributed by atoms with Crippen molar-refractivity contribution in [1.29, 1.82) is 0 Å². The summed E-state index contributed by atoms with van der Waals surface area (Å²) in [4.78, 5) is 11.1. The summed E-state index contributed by atoms with van der Waals surface area (Å²) in [6.07, 6.45) is 0. The van der Waals surface area contributed by atoms with Gasteiger partial charge in [0.15, 0.2) is 5.69 Å². The Morgan fingerprint density at radius 1 is 1.50 bits per heavy atom. The predicted molar refractivity (Wildman–Crippen MR) is 71.6 cm³/mol. The van der Waals surface area contributed by atoms with Crippen LogP contribution in [0, 0.1) is 5.82 Å².